The predicted octanol–water partition coefficient (Wildman–Crippen LogP) is 4.31. The number of benzene rings is 1. The van der Waals surface area contributed by atoms with Crippen molar-refractivity contribution in [3.63, 3.8) is 0 Å². The van der Waals surface area contributed by atoms with Gasteiger partial charge < -0.3 is 10.4 Å². The zero-order valence-corrected chi connectivity index (χ0v) is 14.1. The predicted molar refractivity (Wildman–Crippen MR) is 90.4 cm³/mol. The van der Waals surface area contributed by atoms with Crippen LogP contribution >= 0.6 is 11.6 Å². The van der Waals surface area contributed by atoms with E-state index in [2.05, 4.69) is 31.3 Å². The molecule has 0 heterocycles. The maximum Gasteiger partial charge on any atom is 0.306 e. The molecule has 0 radical (unpaired) electrons. The molecule has 3 nitrogen and oxygen atoms in total. The van der Waals surface area contributed by atoms with E-state index < -0.39 is 5.97 Å². The Morgan fingerprint density at radius 3 is 2.32 bits per heavy atom. The Morgan fingerprint density at radius 2 is 1.82 bits per heavy atom. The first-order valence-corrected chi connectivity index (χ1v) is 8.56. The first-order chi connectivity index (χ1) is 10.5. The van der Waals surface area contributed by atoms with Crippen LogP contribution in [-0.4, -0.2) is 23.7 Å². The smallest absolute Gasteiger partial charge is 0.306 e. The number of halogens is 1. The molecule has 1 aromatic rings. The third kappa shape index (κ3) is 4.72. The molecular weight excluding hydrogens is 298 g/mol. The number of carboxylic acids is 1. The summed E-state index contributed by atoms with van der Waals surface area (Å²) in [6, 6.07) is 8.56. The summed E-state index contributed by atoms with van der Waals surface area (Å²) in [4.78, 5) is 11.0. The first-order valence-electron chi connectivity index (χ1n) is 8.19. The van der Waals surface area contributed by atoms with E-state index in [9.17, 15) is 4.79 Å². The van der Waals surface area contributed by atoms with Gasteiger partial charge in [-0.25, -0.2) is 0 Å². The van der Waals surface area contributed by atoms with Crippen molar-refractivity contribution in [3.8, 4) is 0 Å². The van der Waals surface area contributed by atoms with E-state index in [1.807, 2.05) is 12.1 Å². The maximum atomic E-state index is 11.0. The highest BCUT2D eigenvalue weighted by molar-refractivity contribution is 6.30. The highest BCUT2D eigenvalue weighted by atomic mass is 35.5. The topological polar surface area (TPSA) is 49.3 Å². The number of carbonyl (C=O) groups is 1. The molecule has 2 N–H and O–H groups in total. The number of nitrogens with one attached hydrogen (secondary N) is 1. The van der Waals surface area contributed by atoms with Crippen LogP contribution in [0.5, 0.6) is 0 Å². The van der Waals surface area contributed by atoms with E-state index in [1.165, 1.54) is 5.56 Å². The number of aliphatic carboxylic acids is 1. The van der Waals surface area contributed by atoms with E-state index >= 15 is 0 Å². The van der Waals surface area contributed by atoms with Crippen LogP contribution in [0.15, 0.2) is 24.3 Å². The first kappa shape index (κ1) is 17.3. The van der Waals surface area contributed by atoms with Gasteiger partial charge in [-0.3, -0.25) is 4.79 Å². The Balaban J connectivity index is 1.88. The fourth-order valence-corrected chi connectivity index (χ4v) is 3.41. The van der Waals surface area contributed by atoms with Gasteiger partial charge in [0.25, 0.3) is 0 Å². The summed E-state index contributed by atoms with van der Waals surface area (Å²) in [6.07, 6.45) is 3.51. The molecular formula is C18H26ClNO2. The van der Waals surface area contributed by atoms with Crippen molar-refractivity contribution < 1.29 is 9.90 Å². The Labute approximate surface area is 138 Å². The molecule has 2 rings (SSSR count). The summed E-state index contributed by atoms with van der Waals surface area (Å²) in [5.41, 5.74) is 1.31. The van der Waals surface area contributed by atoms with E-state index in [0.717, 1.165) is 37.3 Å². The standard InChI is InChI=1S/C18H26ClNO2/c1-12(2)17(13-3-7-15(19)8-4-13)11-20-16-9-5-14(6-10-16)18(21)22/h3-4,7-8,12,14,16-17,20H,5-6,9-11H2,1-2H3,(H,21,22). The molecule has 1 aliphatic carbocycles. The van der Waals surface area contributed by atoms with Crippen molar-refractivity contribution in [1.29, 1.82) is 0 Å². The number of hydrogen-bond acceptors (Lipinski definition) is 2. The molecule has 0 aromatic heterocycles. The summed E-state index contributed by atoms with van der Waals surface area (Å²) in [7, 11) is 0. The highest BCUT2D eigenvalue weighted by Crippen LogP contribution is 2.28. The molecule has 1 atom stereocenters. The van der Waals surface area contributed by atoms with Crippen LogP contribution < -0.4 is 5.32 Å². The van der Waals surface area contributed by atoms with Gasteiger partial charge in [-0.1, -0.05) is 37.6 Å². The largest absolute Gasteiger partial charge is 0.481 e. The van der Waals surface area contributed by atoms with Crippen molar-refractivity contribution in [2.75, 3.05) is 6.54 Å². The van der Waals surface area contributed by atoms with Gasteiger partial charge in [0, 0.05) is 17.6 Å². The average molecular weight is 324 g/mol. The average Bonchev–Trinajstić information content (AvgIpc) is 2.49. The number of carboxylic acid groups (broad SMARTS) is 1. The highest BCUT2D eigenvalue weighted by Gasteiger charge is 2.26. The van der Waals surface area contributed by atoms with Gasteiger partial charge in [0.05, 0.1) is 5.92 Å². The molecule has 0 aliphatic heterocycles. The SMILES string of the molecule is CC(C)C(CNC1CCC(C(=O)O)CC1)c1ccc(Cl)cc1. The lowest BCUT2D eigenvalue weighted by atomic mass is 9.84. The Morgan fingerprint density at radius 1 is 1.23 bits per heavy atom. The Hall–Kier alpha value is -1.06. The molecule has 22 heavy (non-hydrogen) atoms. The zero-order chi connectivity index (χ0) is 16.1. The fourth-order valence-electron chi connectivity index (χ4n) is 3.29. The van der Waals surface area contributed by atoms with Gasteiger partial charge >= 0.3 is 5.97 Å². The minimum absolute atomic E-state index is 0.143. The van der Waals surface area contributed by atoms with Crippen LogP contribution in [0.25, 0.3) is 0 Å². The zero-order valence-electron chi connectivity index (χ0n) is 13.4. The second-order valence-corrected chi connectivity index (χ2v) is 7.13. The van der Waals surface area contributed by atoms with E-state index in [0.29, 0.717) is 17.9 Å². The van der Waals surface area contributed by atoms with Crippen LogP contribution in [0, 0.1) is 11.8 Å². The van der Waals surface area contributed by atoms with Crippen molar-refractivity contribution in [1.82, 2.24) is 5.32 Å². The molecule has 0 amide bonds. The maximum absolute atomic E-state index is 11.0. The molecule has 1 fully saturated rings. The molecule has 0 spiro atoms. The molecule has 1 aromatic carbocycles. The third-order valence-corrected chi connectivity index (χ3v) is 5.06. The second kappa shape index (κ2) is 7.98. The minimum Gasteiger partial charge on any atom is -0.481 e. The Bertz CT molecular complexity index is 478. The normalized spacial score (nSPS) is 23.5. The lowest BCUT2D eigenvalue weighted by Crippen LogP contribution is -2.38. The van der Waals surface area contributed by atoms with Crippen LogP contribution in [0.1, 0.15) is 51.0 Å². The molecule has 1 aliphatic rings. The summed E-state index contributed by atoms with van der Waals surface area (Å²) in [6.45, 7) is 5.41. The van der Waals surface area contributed by atoms with Crippen molar-refractivity contribution in [2.45, 2.75) is 51.5 Å². The van der Waals surface area contributed by atoms with Gasteiger partial charge in [0.1, 0.15) is 0 Å². The summed E-state index contributed by atoms with van der Waals surface area (Å²) < 4.78 is 0. The van der Waals surface area contributed by atoms with E-state index in [4.69, 9.17) is 16.7 Å². The summed E-state index contributed by atoms with van der Waals surface area (Å²) >= 11 is 5.97. The van der Waals surface area contributed by atoms with Crippen LogP contribution in [0.2, 0.25) is 5.02 Å². The van der Waals surface area contributed by atoms with E-state index in [-0.39, 0.29) is 5.92 Å². The van der Waals surface area contributed by atoms with Crippen LogP contribution in [0.4, 0.5) is 0 Å². The monoisotopic (exact) mass is 323 g/mol. The van der Waals surface area contributed by atoms with Gasteiger partial charge in [0.15, 0.2) is 0 Å². The Kier molecular flexibility index (Phi) is 6.27. The second-order valence-electron chi connectivity index (χ2n) is 6.70. The van der Waals surface area contributed by atoms with Crippen molar-refractivity contribution in [3.05, 3.63) is 34.9 Å². The summed E-state index contributed by atoms with van der Waals surface area (Å²) in [5.74, 6) is 0.216. The number of rotatable bonds is 6. The fraction of sp³-hybridized carbons (Fsp3) is 0.611. The van der Waals surface area contributed by atoms with Gasteiger partial charge in [-0.2, -0.15) is 0 Å². The van der Waals surface area contributed by atoms with Gasteiger partial charge in [-0.05, 0) is 55.2 Å². The lowest BCUT2D eigenvalue weighted by molar-refractivity contribution is -0.142. The van der Waals surface area contributed by atoms with Crippen molar-refractivity contribution in [2.24, 2.45) is 11.8 Å². The molecule has 1 unspecified atom stereocenters. The number of hydrogen-bond donors (Lipinski definition) is 2. The van der Waals surface area contributed by atoms with Crippen LogP contribution in [0.3, 0.4) is 0 Å². The van der Waals surface area contributed by atoms with Gasteiger partial charge in [0.2, 0.25) is 0 Å². The van der Waals surface area contributed by atoms with Crippen LogP contribution in [-0.2, 0) is 4.79 Å². The van der Waals surface area contributed by atoms with E-state index in [1.54, 1.807) is 0 Å². The molecule has 1 saturated carbocycles. The molecule has 4 heteroatoms. The molecule has 0 saturated heterocycles. The third-order valence-electron chi connectivity index (χ3n) is 4.81. The molecule has 122 valence electrons. The van der Waals surface area contributed by atoms with Crippen molar-refractivity contribution >= 4 is 17.6 Å². The van der Waals surface area contributed by atoms with Gasteiger partial charge in [-0.15, -0.1) is 0 Å². The summed E-state index contributed by atoms with van der Waals surface area (Å²) in [5, 5.41) is 13.5. The lowest BCUT2D eigenvalue weighted by Gasteiger charge is -2.30. The quantitative estimate of drug-likeness (QED) is 0.820. The minimum atomic E-state index is -0.639. The molecule has 0 bridgehead atoms.